The minimum absolute atomic E-state index is 0.0348. The van der Waals surface area contributed by atoms with Crippen LogP contribution in [0.1, 0.15) is 35.2 Å². The third-order valence-electron chi connectivity index (χ3n) is 4.10. The molecule has 5 heteroatoms. The summed E-state index contributed by atoms with van der Waals surface area (Å²) in [6, 6.07) is 5.43. The van der Waals surface area contributed by atoms with Gasteiger partial charge in [0.2, 0.25) is 0 Å². The summed E-state index contributed by atoms with van der Waals surface area (Å²) in [5.41, 5.74) is 1.57. The van der Waals surface area contributed by atoms with Gasteiger partial charge in [-0.05, 0) is 37.8 Å². The molecule has 3 rings (SSSR count). The standard InChI is InChI=1S/C16H20N2O3/c19-15(18-9-2-1-3-10-18)11-21-14-6-4-5-13-12(14)7-8-17-16(13)20/h4-6H,1-3,7-11H2,(H,17,20). The summed E-state index contributed by atoms with van der Waals surface area (Å²) in [4.78, 5) is 25.8. The van der Waals surface area contributed by atoms with Crippen LogP contribution in [0.15, 0.2) is 18.2 Å². The first kappa shape index (κ1) is 13.9. The van der Waals surface area contributed by atoms with E-state index in [1.807, 2.05) is 11.0 Å². The first-order chi connectivity index (χ1) is 10.3. The molecule has 2 amide bonds. The normalized spacial score (nSPS) is 17.9. The molecule has 1 aromatic rings. The van der Waals surface area contributed by atoms with Gasteiger partial charge in [-0.15, -0.1) is 0 Å². The first-order valence-corrected chi connectivity index (χ1v) is 7.56. The van der Waals surface area contributed by atoms with Crippen molar-refractivity contribution in [1.29, 1.82) is 0 Å². The quantitative estimate of drug-likeness (QED) is 0.913. The van der Waals surface area contributed by atoms with Crippen LogP contribution in [0.5, 0.6) is 5.75 Å². The van der Waals surface area contributed by atoms with Gasteiger partial charge >= 0.3 is 0 Å². The zero-order valence-corrected chi connectivity index (χ0v) is 12.1. The molecule has 0 bridgehead atoms. The smallest absolute Gasteiger partial charge is 0.260 e. The highest BCUT2D eigenvalue weighted by atomic mass is 16.5. The maximum absolute atomic E-state index is 12.1. The molecular formula is C16H20N2O3. The molecule has 112 valence electrons. The van der Waals surface area contributed by atoms with E-state index in [1.165, 1.54) is 6.42 Å². The summed E-state index contributed by atoms with van der Waals surface area (Å²) in [5.74, 6) is 0.629. The van der Waals surface area contributed by atoms with Gasteiger partial charge < -0.3 is 15.0 Å². The number of carbonyl (C=O) groups is 2. The summed E-state index contributed by atoms with van der Waals surface area (Å²) >= 11 is 0. The molecule has 5 nitrogen and oxygen atoms in total. The maximum atomic E-state index is 12.1. The van der Waals surface area contributed by atoms with Crippen molar-refractivity contribution in [3.63, 3.8) is 0 Å². The Balaban J connectivity index is 1.66. The van der Waals surface area contributed by atoms with Crippen LogP contribution in [0, 0.1) is 0 Å². The first-order valence-electron chi connectivity index (χ1n) is 7.56. The van der Waals surface area contributed by atoms with Crippen LogP contribution in [-0.4, -0.2) is 43.0 Å². The van der Waals surface area contributed by atoms with E-state index < -0.39 is 0 Å². The number of benzene rings is 1. The van der Waals surface area contributed by atoms with E-state index in [9.17, 15) is 9.59 Å². The summed E-state index contributed by atoms with van der Waals surface area (Å²) in [5, 5.41) is 2.81. The highest BCUT2D eigenvalue weighted by Crippen LogP contribution is 2.25. The topological polar surface area (TPSA) is 58.6 Å². The molecule has 1 saturated heterocycles. The van der Waals surface area contributed by atoms with Crippen LogP contribution in [-0.2, 0) is 11.2 Å². The van der Waals surface area contributed by atoms with Gasteiger partial charge in [-0.2, -0.15) is 0 Å². The molecule has 1 fully saturated rings. The lowest BCUT2D eigenvalue weighted by Gasteiger charge is -2.27. The van der Waals surface area contributed by atoms with E-state index >= 15 is 0 Å². The third-order valence-corrected chi connectivity index (χ3v) is 4.10. The Morgan fingerprint density at radius 1 is 1.24 bits per heavy atom. The second-order valence-corrected chi connectivity index (χ2v) is 5.52. The van der Waals surface area contributed by atoms with Crippen molar-refractivity contribution in [2.75, 3.05) is 26.2 Å². The van der Waals surface area contributed by atoms with Crippen LogP contribution >= 0.6 is 0 Å². The zero-order valence-electron chi connectivity index (χ0n) is 12.1. The van der Waals surface area contributed by atoms with Crippen LogP contribution < -0.4 is 10.1 Å². The fraction of sp³-hybridized carbons (Fsp3) is 0.500. The lowest BCUT2D eigenvalue weighted by molar-refractivity contribution is -0.134. The molecule has 0 saturated carbocycles. The summed E-state index contributed by atoms with van der Waals surface area (Å²) in [7, 11) is 0. The third kappa shape index (κ3) is 3.01. The van der Waals surface area contributed by atoms with Crippen LogP contribution in [0.25, 0.3) is 0 Å². The Hall–Kier alpha value is -2.04. The average molecular weight is 288 g/mol. The Kier molecular flexibility index (Phi) is 4.08. The molecule has 2 heterocycles. The van der Waals surface area contributed by atoms with E-state index in [1.54, 1.807) is 12.1 Å². The lowest BCUT2D eigenvalue weighted by atomic mass is 9.99. The molecule has 2 aliphatic heterocycles. The monoisotopic (exact) mass is 288 g/mol. The second-order valence-electron chi connectivity index (χ2n) is 5.52. The van der Waals surface area contributed by atoms with Crippen LogP contribution in [0.3, 0.4) is 0 Å². The van der Waals surface area contributed by atoms with E-state index in [4.69, 9.17) is 4.74 Å². The van der Waals surface area contributed by atoms with Crippen LogP contribution in [0.2, 0.25) is 0 Å². The number of hydrogen-bond acceptors (Lipinski definition) is 3. The fourth-order valence-electron chi connectivity index (χ4n) is 2.94. The molecular weight excluding hydrogens is 268 g/mol. The van der Waals surface area contributed by atoms with E-state index in [0.29, 0.717) is 17.9 Å². The van der Waals surface area contributed by atoms with Crippen molar-refractivity contribution in [1.82, 2.24) is 10.2 Å². The van der Waals surface area contributed by atoms with E-state index in [-0.39, 0.29) is 18.4 Å². The van der Waals surface area contributed by atoms with Crippen molar-refractivity contribution in [3.8, 4) is 5.75 Å². The largest absolute Gasteiger partial charge is 0.483 e. The molecule has 21 heavy (non-hydrogen) atoms. The Morgan fingerprint density at radius 2 is 2.05 bits per heavy atom. The van der Waals surface area contributed by atoms with Crippen molar-refractivity contribution in [2.24, 2.45) is 0 Å². The minimum Gasteiger partial charge on any atom is -0.483 e. The van der Waals surface area contributed by atoms with Gasteiger partial charge in [0, 0.05) is 30.8 Å². The second kappa shape index (κ2) is 6.16. The van der Waals surface area contributed by atoms with Crippen molar-refractivity contribution in [3.05, 3.63) is 29.3 Å². The highest BCUT2D eigenvalue weighted by Gasteiger charge is 2.21. The number of piperidine rings is 1. The number of fused-ring (bicyclic) bond motifs is 1. The number of amides is 2. The van der Waals surface area contributed by atoms with Crippen molar-refractivity contribution >= 4 is 11.8 Å². The predicted octanol–water partition coefficient (Wildman–Crippen LogP) is 1.36. The Morgan fingerprint density at radius 3 is 2.86 bits per heavy atom. The average Bonchev–Trinajstić information content (AvgIpc) is 2.54. The molecule has 0 radical (unpaired) electrons. The highest BCUT2D eigenvalue weighted by molar-refractivity contribution is 5.97. The SMILES string of the molecule is O=C1NCCc2c(OCC(=O)N3CCCCC3)cccc21. The van der Waals surface area contributed by atoms with E-state index in [2.05, 4.69) is 5.32 Å². The zero-order chi connectivity index (χ0) is 14.7. The number of carbonyl (C=O) groups excluding carboxylic acids is 2. The molecule has 0 unspecified atom stereocenters. The van der Waals surface area contributed by atoms with Gasteiger partial charge in [-0.3, -0.25) is 9.59 Å². The molecule has 0 aromatic heterocycles. The maximum Gasteiger partial charge on any atom is 0.260 e. The summed E-state index contributed by atoms with van der Waals surface area (Å²) in [6.07, 6.45) is 4.10. The van der Waals surface area contributed by atoms with Crippen molar-refractivity contribution < 1.29 is 14.3 Å². The molecule has 1 N–H and O–H groups in total. The number of hydrogen-bond donors (Lipinski definition) is 1. The predicted molar refractivity (Wildman–Crippen MR) is 78.4 cm³/mol. The van der Waals surface area contributed by atoms with Gasteiger partial charge in [0.25, 0.3) is 11.8 Å². The summed E-state index contributed by atoms with van der Waals surface area (Å²) in [6.45, 7) is 2.33. The number of likely N-dealkylation sites (tertiary alicyclic amines) is 1. The lowest BCUT2D eigenvalue weighted by Crippen LogP contribution is -2.39. The van der Waals surface area contributed by atoms with Crippen molar-refractivity contribution in [2.45, 2.75) is 25.7 Å². The molecule has 2 aliphatic rings. The number of rotatable bonds is 3. The fourth-order valence-corrected chi connectivity index (χ4v) is 2.94. The van der Waals surface area contributed by atoms with Crippen LogP contribution in [0.4, 0.5) is 0 Å². The Labute approximate surface area is 124 Å². The molecule has 1 aromatic carbocycles. The van der Waals surface area contributed by atoms with E-state index in [0.717, 1.165) is 37.9 Å². The summed E-state index contributed by atoms with van der Waals surface area (Å²) < 4.78 is 5.70. The molecule has 0 spiro atoms. The van der Waals surface area contributed by atoms with Gasteiger partial charge in [0.1, 0.15) is 5.75 Å². The number of nitrogens with one attached hydrogen (secondary N) is 1. The molecule has 0 aliphatic carbocycles. The van der Waals surface area contributed by atoms with Gasteiger partial charge in [0.15, 0.2) is 6.61 Å². The number of nitrogens with zero attached hydrogens (tertiary/aromatic N) is 1. The Bertz CT molecular complexity index is 550. The van der Waals surface area contributed by atoms with Gasteiger partial charge in [-0.25, -0.2) is 0 Å². The van der Waals surface area contributed by atoms with Gasteiger partial charge in [-0.1, -0.05) is 6.07 Å². The number of ether oxygens (including phenoxy) is 1. The van der Waals surface area contributed by atoms with Gasteiger partial charge in [0.05, 0.1) is 0 Å². The minimum atomic E-state index is -0.0657. The molecule has 0 atom stereocenters.